The molecule has 1 aromatic carbocycles. The van der Waals surface area contributed by atoms with Crippen LogP contribution in [0.4, 0.5) is 4.79 Å². The zero-order valence-corrected chi connectivity index (χ0v) is 13.0. The number of carbonyl (C=O) groups excluding carboxylic acids is 1. The maximum Gasteiger partial charge on any atom is 0.328 e. The molecular formula is C12H16N2O5S2. The summed E-state index contributed by atoms with van der Waals surface area (Å²) < 4.78 is 48.3. The third-order valence-corrected chi connectivity index (χ3v) is 6.24. The summed E-state index contributed by atoms with van der Waals surface area (Å²) in [6.07, 6.45) is 0.292. The molecule has 2 rings (SSSR count). The Morgan fingerprint density at radius 2 is 1.86 bits per heavy atom. The van der Waals surface area contributed by atoms with Crippen molar-refractivity contribution >= 4 is 25.9 Å². The number of hydrogen-bond acceptors (Lipinski definition) is 5. The first-order valence-corrected chi connectivity index (χ1v) is 9.59. The number of hydrogen-bond donors (Lipinski definition) is 2. The smallest absolute Gasteiger partial charge is 0.328 e. The van der Waals surface area contributed by atoms with E-state index >= 15 is 0 Å². The lowest BCUT2D eigenvalue weighted by Crippen LogP contribution is -2.44. The largest absolute Gasteiger partial charge is 0.334 e. The first-order valence-electron chi connectivity index (χ1n) is 6.28. The highest BCUT2D eigenvalue weighted by molar-refractivity contribution is 7.91. The molecule has 1 atom stereocenters. The third-order valence-electron chi connectivity index (χ3n) is 3.13. The quantitative estimate of drug-likeness (QED) is 0.820. The molecule has 1 aliphatic rings. The molecule has 1 aliphatic heterocycles. The van der Waals surface area contributed by atoms with Gasteiger partial charge in [0.25, 0.3) is 10.0 Å². The topological polar surface area (TPSA) is 109 Å². The molecule has 2 N–H and O–H groups in total. The Labute approximate surface area is 123 Å². The molecule has 7 nitrogen and oxygen atoms in total. The molecule has 2 amide bonds. The van der Waals surface area contributed by atoms with E-state index in [0.29, 0.717) is 6.42 Å². The van der Waals surface area contributed by atoms with Crippen LogP contribution in [0.5, 0.6) is 0 Å². The van der Waals surface area contributed by atoms with Crippen molar-refractivity contribution in [1.82, 2.24) is 10.0 Å². The van der Waals surface area contributed by atoms with Crippen LogP contribution < -0.4 is 10.0 Å². The summed E-state index contributed by atoms with van der Waals surface area (Å²) >= 11 is 0. The number of amides is 2. The predicted molar refractivity (Wildman–Crippen MR) is 77.1 cm³/mol. The van der Waals surface area contributed by atoms with Gasteiger partial charge in [-0.2, -0.15) is 0 Å². The molecule has 0 bridgehead atoms. The van der Waals surface area contributed by atoms with Crippen LogP contribution in [-0.2, 0) is 19.9 Å². The van der Waals surface area contributed by atoms with Gasteiger partial charge in [-0.3, -0.25) is 0 Å². The molecule has 1 saturated heterocycles. The summed E-state index contributed by atoms with van der Waals surface area (Å²) in [5.74, 6) is -0.159. The third kappa shape index (κ3) is 4.18. The van der Waals surface area contributed by atoms with Crippen molar-refractivity contribution in [3.63, 3.8) is 0 Å². The van der Waals surface area contributed by atoms with E-state index in [2.05, 4.69) is 5.32 Å². The molecule has 0 aliphatic carbocycles. The highest BCUT2D eigenvalue weighted by Crippen LogP contribution is 2.12. The Morgan fingerprint density at radius 1 is 1.24 bits per heavy atom. The van der Waals surface area contributed by atoms with Crippen LogP contribution in [0.25, 0.3) is 0 Å². The molecule has 0 unspecified atom stereocenters. The maximum absolute atomic E-state index is 12.0. The van der Waals surface area contributed by atoms with E-state index in [1.165, 1.54) is 12.1 Å². The van der Waals surface area contributed by atoms with Gasteiger partial charge < -0.3 is 5.32 Å². The van der Waals surface area contributed by atoms with Crippen molar-refractivity contribution in [2.24, 2.45) is 0 Å². The van der Waals surface area contributed by atoms with Gasteiger partial charge in [-0.25, -0.2) is 26.4 Å². The van der Waals surface area contributed by atoms with Crippen LogP contribution in [0.1, 0.15) is 12.0 Å². The van der Waals surface area contributed by atoms with Gasteiger partial charge in [-0.05, 0) is 25.5 Å². The Balaban J connectivity index is 2.00. The molecule has 116 valence electrons. The lowest BCUT2D eigenvalue weighted by Gasteiger charge is -2.12. The maximum atomic E-state index is 12.0. The van der Waals surface area contributed by atoms with Gasteiger partial charge in [-0.1, -0.05) is 17.7 Å². The predicted octanol–water partition coefficient (Wildman–Crippen LogP) is 0.170. The number of sulfone groups is 1. The van der Waals surface area contributed by atoms with Crippen LogP contribution in [0.2, 0.25) is 0 Å². The second kappa shape index (κ2) is 5.64. The Bertz CT molecular complexity index is 738. The first-order chi connectivity index (χ1) is 9.68. The fourth-order valence-electron chi connectivity index (χ4n) is 2.02. The standard InChI is InChI=1S/C12H16N2O5S2/c1-9-2-4-11(5-3-9)21(18,19)14-12(15)13-10-6-7-20(16,17)8-10/h2-5,10H,6-8H2,1H3,(H2,13,14,15)/t10-/m1/s1. The summed E-state index contributed by atoms with van der Waals surface area (Å²) in [5, 5.41) is 2.36. The highest BCUT2D eigenvalue weighted by atomic mass is 32.2. The van der Waals surface area contributed by atoms with Crippen LogP contribution >= 0.6 is 0 Å². The van der Waals surface area contributed by atoms with Gasteiger partial charge in [0.15, 0.2) is 9.84 Å². The summed E-state index contributed by atoms with van der Waals surface area (Å²) in [7, 11) is -7.09. The Hall–Kier alpha value is -1.61. The van der Waals surface area contributed by atoms with Gasteiger partial charge in [-0.15, -0.1) is 0 Å². The average Bonchev–Trinajstić information content (AvgIpc) is 2.68. The van der Waals surface area contributed by atoms with Crippen LogP contribution in [0.15, 0.2) is 29.2 Å². The van der Waals surface area contributed by atoms with Crippen molar-refractivity contribution < 1.29 is 21.6 Å². The van der Waals surface area contributed by atoms with Gasteiger partial charge in [0.2, 0.25) is 0 Å². The fraction of sp³-hybridized carbons (Fsp3) is 0.417. The number of aryl methyl sites for hydroxylation is 1. The van der Waals surface area contributed by atoms with Gasteiger partial charge in [0, 0.05) is 6.04 Å². The lowest BCUT2D eigenvalue weighted by molar-refractivity contribution is 0.243. The van der Waals surface area contributed by atoms with E-state index in [0.717, 1.165) is 5.56 Å². The Morgan fingerprint density at radius 3 is 2.38 bits per heavy atom. The summed E-state index contributed by atoms with van der Waals surface area (Å²) in [6, 6.07) is 4.56. The monoisotopic (exact) mass is 332 g/mol. The summed E-state index contributed by atoms with van der Waals surface area (Å²) in [6.45, 7) is 1.82. The molecular weight excluding hydrogens is 316 g/mol. The van der Waals surface area contributed by atoms with Crippen molar-refractivity contribution in [3.8, 4) is 0 Å². The minimum atomic E-state index is -3.96. The van der Waals surface area contributed by atoms with E-state index in [1.807, 2.05) is 11.6 Å². The average molecular weight is 332 g/mol. The van der Waals surface area contributed by atoms with Crippen LogP contribution in [0.3, 0.4) is 0 Å². The molecule has 9 heteroatoms. The summed E-state index contributed by atoms with van der Waals surface area (Å²) in [5.41, 5.74) is 0.898. The number of carbonyl (C=O) groups is 1. The number of sulfonamides is 1. The van der Waals surface area contributed by atoms with Gasteiger partial charge in [0.05, 0.1) is 16.4 Å². The van der Waals surface area contributed by atoms with Crippen molar-refractivity contribution in [2.45, 2.75) is 24.3 Å². The van der Waals surface area contributed by atoms with E-state index in [9.17, 15) is 21.6 Å². The zero-order valence-electron chi connectivity index (χ0n) is 11.4. The molecule has 0 radical (unpaired) electrons. The van der Waals surface area contributed by atoms with Crippen molar-refractivity contribution in [1.29, 1.82) is 0 Å². The SMILES string of the molecule is Cc1ccc(S(=O)(=O)NC(=O)N[C@@H]2CCS(=O)(=O)C2)cc1. The van der Waals surface area contributed by atoms with Crippen molar-refractivity contribution in [3.05, 3.63) is 29.8 Å². The summed E-state index contributed by atoms with van der Waals surface area (Å²) in [4.78, 5) is 11.6. The normalized spacial score (nSPS) is 20.9. The van der Waals surface area contributed by atoms with Crippen LogP contribution in [0, 0.1) is 6.92 Å². The minimum absolute atomic E-state index is 0.00264. The zero-order chi connectivity index (χ0) is 15.7. The van der Waals surface area contributed by atoms with Gasteiger partial charge >= 0.3 is 6.03 Å². The van der Waals surface area contributed by atoms with Crippen molar-refractivity contribution in [2.75, 3.05) is 11.5 Å². The fourth-order valence-corrected chi connectivity index (χ4v) is 4.61. The molecule has 1 aromatic rings. The number of nitrogens with one attached hydrogen (secondary N) is 2. The highest BCUT2D eigenvalue weighted by Gasteiger charge is 2.29. The molecule has 0 spiro atoms. The minimum Gasteiger partial charge on any atom is -0.334 e. The first kappa shape index (κ1) is 15.8. The molecule has 1 fully saturated rings. The Kier molecular flexibility index (Phi) is 4.24. The second-order valence-electron chi connectivity index (χ2n) is 4.99. The van der Waals surface area contributed by atoms with E-state index in [4.69, 9.17) is 0 Å². The molecule has 0 saturated carbocycles. The molecule has 21 heavy (non-hydrogen) atoms. The number of urea groups is 1. The van der Waals surface area contributed by atoms with Gasteiger partial charge in [0.1, 0.15) is 0 Å². The van der Waals surface area contributed by atoms with E-state index < -0.39 is 31.9 Å². The molecule has 0 aromatic heterocycles. The molecule has 1 heterocycles. The van der Waals surface area contributed by atoms with E-state index in [-0.39, 0.29) is 16.4 Å². The number of benzene rings is 1. The second-order valence-corrected chi connectivity index (χ2v) is 8.90. The van der Waals surface area contributed by atoms with Crippen LogP contribution in [-0.4, -0.2) is 40.4 Å². The lowest BCUT2D eigenvalue weighted by atomic mass is 10.2. The van der Waals surface area contributed by atoms with E-state index in [1.54, 1.807) is 12.1 Å². The number of rotatable bonds is 3.